The first-order valence-corrected chi connectivity index (χ1v) is 9.74. The molecule has 0 atom stereocenters. The summed E-state index contributed by atoms with van der Waals surface area (Å²) in [6, 6.07) is 0. The van der Waals surface area contributed by atoms with Crippen molar-refractivity contribution < 1.29 is 28.2 Å². The van der Waals surface area contributed by atoms with Crippen molar-refractivity contribution in [1.29, 1.82) is 0 Å². The Morgan fingerprint density at radius 3 is 2.43 bits per heavy atom. The Balaban J connectivity index is 1.78. The zero-order chi connectivity index (χ0) is 22.1. The summed E-state index contributed by atoms with van der Waals surface area (Å²) in [7, 11) is 1.40. The van der Waals surface area contributed by atoms with Gasteiger partial charge in [-0.3, -0.25) is 4.79 Å². The summed E-state index contributed by atoms with van der Waals surface area (Å²) in [5, 5.41) is 2.47. The Hall–Kier alpha value is -2.91. The number of alkyl carbamates (subject to hydrolysis) is 1. The second-order valence-corrected chi connectivity index (χ2v) is 7.91. The highest BCUT2D eigenvalue weighted by Crippen LogP contribution is 2.22. The van der Waals surface area contributed by atoms with E-state index in [0.29, 0.717) is 44.0 Å². The molecule has 10 heteroatoms. The largest absolute Gasteiger partial charge is 0.486 e. The zero-order valence-corrected chi connectivity index (χ0v) is 17.8. The van der Waals surface area contributed by atoms with Crippen LogP contribution < -0.4 is 15.0 Å². The van der Waals surface area contributed by atoms with Crippen molar-refractivity contribution in [2.24, 2.45) is 5.92 Å². The van der Waals surface area contributed by atoms with E-state index in [9.17, 15) is 14.0 Å². The molecule has 9 nitrogen and oxygen atoms in total. The predicted octanol–water partition coefficient (Wildman–Crippen LogP) is 2.62. The average molecular weight is 424 g/mol. The Kier molecular flexibility index (Phi) is 8.37. The molecule has 1 aliphatic rings. The third-order valence-electron chi connectivity index (χ3n) is 4.36. The molecule has 0 saturated carbocycles. The standard InChI is InChI=1S/C20H29FN4O5/c1-20(2,3)30-19(27)24-10-14(9-21)13-29-16-11-22-18(23-12-16)25-7-5-15(6-8-25)17(26)28-4/h9,11-12,15H,5-8,10,13H2,1-4H3,(H,24,27)/b14-9+. The van der Waals surface area contributed by atoms with Gasteiger partial charge >= 0.3 is 12.1 Å². The van der Waals surface area contributed by atoms with Crippen LogP contribution in [0, 0.1) is 5.92 Å². The summed E-state index contributed by atoms with van der Waals surface area (Å²) in [5.41, 5.74) is -0.400. The lowest BCUT2D eigenvalue weighted by atomic mass is 9.97. The average Bonchev–Trinajstić information content (AvgIpc) is 2.72. The van der Waals surface area contributed by atoms with E-state index < -0.39 is 11.7 Å². The highest BCUT2D eigenvalue weighted by molar-refractivity contribution is 5.72. The first-order valence-electron chi connectivity index (χ1n) is 9.74. The Morgan fingerprint density at radius 1 is 1.27 bits per heavy atom. The van der Waals surface area contributed by atoms with Gasteiger partial charge in [-0.2, -0.15) is 0 Å². The van der Waals surface area contributed by atoms with Crippen molar-refractivity contribution in [3.63, 3.8) is 0 Å². The molecule has 1 N–H and O–H groups in total. The van der Waals surface area contributed by atoms with Gasteiger partial charge in [-0.05, 0) is 33.6 Å². The van der Waals surface area contributed by atoms with E-state index in [1.807, 2.05) is 4.90 Å². The lowest BCUT2D eigenvalue weighted by Gasteiger charge is -2.30. The number of esters is 1. The molecule has 30 heavy (non-hydrogen) atoms. The number of anilines is 1. The number of amides is 1. The smallest absolute Gasteiger partial charge is 0.407 e. The van der Waals surface area contributed by atoms with Crippen molar-refractivity contribution in [3.05, 3.63) is 24.3 Å². The van der Waals surface area contributed by atoms with Gasteiger partial charge in [0.25, 0.3) is 0 Å². The van der Waals surface area contributed by atoms with Gasteiger partial charge in [0, 0.05) is 25.2 Å². The summed E-state index contributed by atoms with van der Waals surface area (Å²) in [5.74, 6) is 0.643. The highest BCUT2D eigenvalue weighted by Gasteiger charge is 2.26. The van der Waals surface area contributed by atoms with Crippen LogP contribution in [0.2, 0.25) is 0 Å². The Bertz CT molecular complexity index is 741. The molecule has 1 aromatic heterocycles. The van der Waals surface area contributed by atoms with Crippen LogP contribution in [0.15, 0.2) is 24.3 Å². The third kappa shape index (κ3) is 7.49. The van der Waals surface area contributed by atoms with Crippen molar-refractivity contribution in [2.45, 2.75) is 39.2 Å². The molecule has 0 bridgehead atoms. The van der Waals surface area contributed by atoms with Crippen molar-refractivity contribution in [2.75, 3.05) is 38.3 Å². The van der Waals surface area contributed by atoms with Crippen LogP contribution in [0.4, 0.5) is 15.1 Å². The van der Waals surface area contributed by atoms with Crippen molar-refractivity contribution >= 4 is 18.0 Å². The fraction of sp³-hybridized carbons (Fsp3) is 0.600. The van der Waals surface area contributed by atoms with Crippen molar-refractivity contribution in [1.82, 2.24) is 15.3 Å². The molecule has 166 valence electrons. The normalized spacial score (nSPS) is 15.5. The van der Waals surface area contributed by atoms with Gasteiger partial charge in [0.2, 0.25) is 5.95 Å². The molecule has 2 rings (SSSR count). The minimum Gasteiger partial charge on any atom is -0.486 e. The van der Waals surface area contributed by atoms with Gasteiger partial charge in [0.1, 0.15) is 12.2 Å². The van der Waals surface area contributed by atoms with Crippen LogP contribution in [0.1, 0.15) is 33.6 Å². The van der Waals surface area contributed by atoms with E-state index in [1.165, 1.54) is 19.5 Å². The van der Waals surface area contributed by atoms with E-state index >= 15 is 0 Å². The molecular formula is C20H29FN4O5. The maximum Gasteiger partial charge on any atom is 0.407 e. The van der Waals surface area contributed by atoms with E-state index in [-0.39, 0.29) is 30.6 Å². The maximum absolute atomic E-state index is 13.1. The third-order valence-corrected chi connectivity index (χ3v) is 4.36. The quantitative estimate of drug-likeness (QED) is 0.667. The number of carbonyl (C=O) groups is 2. The highest BCUT2D eigenvalue weighted by atomic mass is 19.1. The van der Waals surface area contributed by atoms with Crippen LogP contribution in [0.5, 0.6) is 5.75 Å². The number of carbonyl (C=O) groups excluding carboxylic acids is 2. The van der Waals surface area contributed by atoms with E-state index in [4.69, 9.17) is 14.2 Å². The molecule has 1 aliphatic heterocycles. The number of ether oxygens (including phenoxy) is 3. The number of rotatable bonds is 7. The summed E-state index contributed by atoms with van der Waals surface area (Å²) >= 11 is 0. The molecule has 1 amide bonds. The number of aromatic nitrogens is 2. The number of nitrogens with one attached hydrogen (secondary N) is 1. The summed E-state index contributed by atoms with van der Waals surface area (Å²) < 4.78 is 28.4. The molecule has 0 aromatic carbocycles. The molecule has 1 aromatic rings. The summed E-state index contributed by atoms with van der Waals surface area (Å²) in [6.07, 6.45) is 4.13. The molecule has 1 fully saturated rings. The second-order valence-electron chi connectivity index (χ2n) is 7.91. The molecule has 1 saturated heterocycles. The first-order chi connectivity index (χ1) is 14.2. The van der Waals surface area contributed by atoms with Crippen LogP contribution in [0.25, 0.3) is 0 Å². The lowest BCUT2D eigenvalue weighted by molar-refractivity contribution is -0.146. The van der Waals surface area contributed by atoms with Crippen LogP contribution >= 0.6 is 0 Å². The molecular weight excluding hydrogens is 395 g/mol. The van der Waals surface area contributed by atoms with E-state index in [0.717, 1.165) is 0 Å². The van der Waals surface area contributed by atoms with Crippen LogP contribution in [-0.4, -0.2) is 61.0 Å². The van der Waals surface area contributed by atoms with E-state index in [2.05, 4.69) is 15.3 Å². The summed E-state index contributed by atoms with van der Waals surface area (Å²) in [4.78, 5) is 33.8. The molecule has 2 heterocycles. The van der Waals surface area contributed by atoms with Gasteiger partial charge in [-0.1, -0.05) is 0 Å². The number of nitrogens with zero attached hydrogens (tertiary/aromatic N) is 3. The molecule has 0 aliphatic carbocycles. The molecule has 0 unspecified atom stereocenters. The number of hydrogen-bond acceptors (Lipinski definition) is 8. The molecule has 0 spiro atoms. The monoisotopic (exact) mass is 424 g/mol. The minimum absolute atomic E-state index is 0.0422. The predicted molar refractivity (Wildman–Crippen MR) is 108 cm³/mol. The fourth-order valence-electron chi connectivity index (χ4n) is 2.83. The van der Waals surface area contributed by atoms with Gasteiger partial charge in [0.05, 0.1) is 31.8 Å². The zero-order valence-electron chi connectivity index (χ0n) is 17.8. The fourth-order valence-corrected chi connectivity index (χ4v) is 2.83. The SMILES string of the molecule is COC(=O)C1CCN(c2ncc(OC/C(=C/F)CNC(=O)OC(C)(C)C)cn2)CC1. The van der Waals surface area contributed by atoms with Crippen LogP contribution in [0.3, 0.4) is 0 Å². The van der Waals surface area contributed by atoms with Crippen molar-refractivity contribution in [3.8, 4) is 5.75 Å². The van der Waals surface area contributed by atoms with Gasteiger partial charge < -0.3 is 24.4 Å². The van der Waals surface area contributed by atoms with Crippen LogP contribution in [-0.2, 0) is 14.3 Å². The first kappa shape index (κ1) is 23.4. The topological polar surface area (TPSA) is 103 Å². The van der Waals surface area contributed by atoms with Gasteiger partial charge in [0.15, 0.2) is 5.75 Å². The van der Waals surface area contributed by atoms with Gasteiger partial charge in [-0.25, -0.2) is 19.2 Å². The number of hydrogen-bond donors (Lipinski definition) is 1. The Labute approximate surface area is 175 Å². The maximum atomic E-state index is 13.1. The lowest BCUT2D eigenvalue weighted by Crippen LogP contribution is -2.37. The number of halogens is 1. The molecule has 0 radical (unpaired) electrons. The number of methoxy groups -OCH3 is 1. The summed E-state index contributed by atoms with van der Waals surface area (Å²) in [6.45, 7) is 6.43. The second kappa shape index (κ2) is 10.7. The van der Waals surface area contributed by atoms with Gasteiger partial charge in [-0.15, -0.1) is 0 Å². The van der Waals surface area contributed by atoms with E-state index in [1.54, 1.807) is 20.8 Å². The minimum atomic E-state index is -0.634. The Morgan fingerprint density at radius 2 is 1.90 bits per heavy atom. The number of piperidine rings is 1.